The summed E-state index contributed by atoms with van der Waals surface area (Å²) in [5, 5.41) is 3.43. The molecule has 2 rings (SSSR count). The fourth-order valence-electron chi connectivity index (χ4n) is 1.60. The lowest BCUT2D eigenvalue weighted by Gasteiger charge is -2.04. The maximum absolute atomic E-state index is 5.81. The second-order valence-electron chi connectivity index (χ2n) is 3.76. The van der Waals surface area contributed by atoms with Crippen LogP contribution in [-0.2, 0) is 19.0 Å². The van der Waals surface area contributed by atoms with Gasteiger partial charge in [-0.15, -0.1) is 22.9 Å². The molecule has 0 atom stereocenters. The third kappa shape index (κ3) is 4.11. The van der Waals surface area contributed by atoms with Crippen molar-refractivity contribution in [2.45, 2.75) is 19.0 Å². The van der Waals surface area contributed by atoms with Crippen LogP contribution in [0.2, 0.25) is 0 Å². The minimum absolute atomic E-state index is 0.575. The lowest BCUT2D eigenvalue weighted by atomic mass is 10.1. The van der Waals surface area contributed by atoms with E-state index in [2.05, 4.69) is 51.6 Å². The van der Waals surface area contributed by atoms with E-state index in [1.54, 1.807) is 11.3 Å². The molecule has 1 N–H and O–H groups in total. The van der Waals surface area contributed by atoms with Crippen LogP contribution in [-0.4, -0.2) is 0 Å². The van der Waals surface area contributed by atoms with Gasteiger partial charge in [-0.3, -0.25) is 0 Å². The molecule has 1 nitrogen and oxygen atoms in total. The van der Waals surface area contributed by atoms with Crippen LogP contribution >= 0.6 is 38.9 Å². The Balaban J connectivity index is 1.85. The summed E-state index contributed by atoms with van der Waals surface area (Å²) in [7, 11) is 0. The van der Waals surface area contributed by atoms with E-state index in [-0.39, 0.29) is 0 Å². The van der Waals surface area contributed by atoms with Crippen LogP contribution in [0, 0.1) is 0 Å². The number of benzene rings is 1. The van der Waals surface area contributed by atoms with Crippen LogP contribution in [0.1, 0.15) is 16.0 Å². The first-order valence-corrected chi connectivity index (χ1v) is 7.51. The Morgan fingerprint density at radius 3 is 2.65 bits per heavy atom. The molecule has 1 heterocycles. The maximum Gasteiger partial charge on any atom is 0.0701 e. The first kappa shape index (κ1) is 13.1. The molecular weight excluding hydrogens is 318 g/mol. The number of hydrogen-bond acceptors (Lipinski definition) is 2. The number of hydrogen-bond donors (Lipinski definition) is 1. The van der Waals surface area contributed by atoms with Crippen molar-refractivity contribution in [2.24, 2.45) is 0 Å². The minimum Gasteiger partial charge on any atom is -0.308 e. The standard InChI is InChI=1S/C13H13BrClNS/c14-13-5-4-12(17-13)9-16-8-11-3-1-2-10(6-11)7-15/h1-6,16H,7-9H2. The summed E-state index contributed by atoms with van der Waals surface area (Å²) in [5.41, 5.74) is 2.45. The summed E-state index contributed by atoms with van der Waals surface area (Å²) in [6.07, 6.45) is 0. The third-order valence-electron chi connectivity index (χ3n) is 2.40. The van der Waals surface area contributed by atoms with Gasteiger partial charge >= 0.3 is 0 Å². The largest absolute Gasteiger partial charge is 0.308 e. The Bertz CT molecular complexity index is 484. The Labute approximate surface area is 119 Å². The molecule has 4 heteroatoms. The van der Waals surface area contributed by atoms with Crippen molar-refractivity contribution >= 4 is 38.9 Å². The van der Waals surface area contributed by atoms with Crippen molar-refractivity contribution < 1.29 is 0 Å². The Morgan fingerprint density at radius 1 is 1.12 bits per heavy atom. The highest BCUT2D eigenvalue weighted by molar-refractivity contribution is 9.11. The summed E-state index contributed by atoms with van der Waals surface area (Å²) >= 11 is 11.0. The molecule has 17 heavy (non-hydrogen) atoms. The van der Waals surface area contributed by atoms with Crippen LogP contribution in [0.15, 0.2) is 40.2 Å². The predicted molar refractivity (Wildman–Crippen MR) is 78.6 cm³/mol. The monoisotopic (exact) mass is 329 g/mol. The van der Waals surface area contributed by atoms with E-state index in [9.17, 15) is 0 Å². The number of nitrogens with one attached hydrogen (secondary N) is 1. The Morgan fingerprint density at radius 2 is 1.94 bits per heavy atom. The molecule has 0 unspecified atom stereocenters. The topological polar surface area (TPSA) is 12.0 Å². The van der Waals surface area contributed by atoms with Gasteiger partial charge in [-0.1, -0.05) is 24.3 Å². The van der Waals surface area contributed by atoms with Gasteiger partial charge in [-0.05, 0) is 39.2 Å². The lowest BCUT2D eigenvalue weighted by Crippen LogP contribution is -2.11. The first-order chi connectivity index (χ1) is 8.28. The normalized spacial score (nSPS) is 10.7. The van der Waals surface area contributed by atoms with Crippen molar-refractivity contribution in [1.82, 2.24) is 5.32 Å². The molecule has 0 aliphatic rings. The van der Waals surface area contributed by atoms with Crippen molar-refractivity contribution in [2.75, 3.05) is 0 Å². The molecule has 0 saturated heterocycles. The van der Waals surface area contributed by atoms with Gasteiger partial charge in [0, 0.05) is 23.8 Å². The quantitative estimate of drug-likeness (QED) is 0.794. The summed E-state index contributed by atoms with van der Waals surface area (Å²) in [6, 6.07) is 12.6. The van der Waals surface area contributed by atoms with Crippen LogP contribution in [0.3, 0.4) is 0 Å². The van der Waals surface area contributed by atoms with Gasteiger partial charge in [-0.25, -0.2) is 0 Å². The van der Waals surface area contributed by atoms with E-state index >= 15 is 0 Å². The summed E-state index contributed by atoms with van der Waals surface area (Å²) in [5.74, 6) is 0.575. The zero-order valence-corrected chi connectivity index (χ0v) is 12.4. The molecule has 0 aliphatic carbocycles. The van der Waals surface area contributed by atoms with Crippen molar-refractivity contribution in [3.63, 3.8) is 0 Å². The summed E-state index contributed by atoms with van der Waals surface area (Å²) < 4.78 is 1.18. The summed E-state index contributed by atoms with van der Waals surface area (Å²) in [6.45, 7) is 1.78. The molecule has 0 spiro atoms. The fourth-order valence-corrected chi connectivity index (χ4v) is 3.22. The predicted octanol–water partition coefficient (Wildman–Crippen LogP) is 4.54. The SMILES string of the molecule is ClCc1cccc(CNCc2ccc(Br)s2)c1. The van der Waals surface area contributed by atoms with Crippen molar-refractivity contribution in [1.29, 1.82) is 0 Å². The van der Waals surface area contributed by atoms with Crippen molar-refractivity contribution in [3.05, 3.63) is 56.2 Å². The molecule has 0 radical (unpaired) electrons. The smallest absolute Gasteiger partial charge is 0.0701 e. The molecule has 1 aromatic heterocycles. The van der Waals surface area contributed by atoms with Crippen LogP contribution in [0.25, 0.3) is 0 Å². The molecule has 90 valence electrons. The third-order valence-corrected chi connectivity index (χ3v) is 4.34. The zero-order valence-electron chi connectivity index (χ0n) is 9.25. The van der Waals surface area contributed by atoms with Gasteiger partial charge in [0.2, 0.25) is 0 Å². The highest BCUT2D eigenvalue weighted by atomic mass is 79.9. The lowest BCUT2D eigenvalue weighted by molar-refractivity contribution is 0.700. The Hall–Kier alpha value is -0.350. The van der Waals surface area contributed by atoms with Gasteiger partial charge in [0.15, 0.2) is 0 Å². The van der Waals surface area contributed by atoms with E-state index in [1.165, 1.54) is 19.8 Å². The zero-order chi connectivity index (χ0) is 12.1. The van der Waals surface area contributed by atoms with E-state index in [1.807, 2.05) is 6.07 Å². The average molecular weight is 331 g/mol. The van der Waals surface area contributed by atoms with Crippen LogP contribution < -0.4 is 5.32 Å². The number of alkyl halides is 1. The maximum atomic E-state index is 5.81. The molecule has 0 saturated carbocycles. The van der Waals surface area contributed by atoms with Gasteiger partial charge in [0.25, 0.3) is 0 Å². The second kappa shape index (κ2) is 6.55. The minimum atomic E-state index is 0.575. The van der Waals surface area contributed by atoms with Gasteiger partial charge in [-0.2, -0.15) is 0 Å². The molecule has 0 fully saturated rings. The van der Waals surface area contributed by atoms with Crippen molar-refractivity contribution in [3.8, 4) is 0 Å². The highest BCUT2D eigenvalue weighted by Crippen LogP contribution is 2.21. The van der Waals surface area contributed by atoms with Gasteiger partial charge < -0.3 is 5.32 Å². The number of thiophene rings is 1. The number of rotatable bonds is 5. The molecule has 0 aliphatic heterocycles. The fraction of sp³-hybridized carbons (Fsp3) is 0.231. The molecule has 0 amide bonds. The van der Waals surface area contributed by atoms with Crippen LogP contribution in [0.4, 0.5) is 0 Å². The average Bonchev–Trinajstić information content (AvgIpc) is 2.75. The highest BCUT2D eigenvalue weighted by Gasteiger charge is 1.98. The number of halogens is 2. The van der Waals surface area contributed by atoms with Gasteiger partial charge in [0.05, 0.1) is 3.79 Å². The van der Waals surface area contributed by atoms with E-state index in [0.717, 1.165) is 13.1 Å². The summed E-state index contributed by atoms with van der Waals surface area (Å²) in [4.78, 5) is 1.34. The molecule has 0 bridgehead atoms. The second-order valence-corrected chi connectivity index (χ2v) is 6.58. The van der Waals surface area contributed by atoms with Crippen LogP contribution in [0.5, 0.6) is 0 Å². The molecule has 2 aromatic rings. The van der Waals surface area contributed by atoms with E-state index in [4.69, 9.17) is 11.6 Å². The molecular formula is C13H13BrClNS. The van der Waals surface area contributed by atoms with E-state index in [0.29, 0.717) is 5.88 Å². The first-order valence-electron chi connectivity index (χ1n) is 5.36. The van der Waals surface area contributed by atoms with E-state index < -0.39 is 0 Å². The Kier molecular flexibility index (Phi) is 5.04. The molecule has 1 aromatic carbocycles. The van der Waals surface area contributed by atoms with Gasteiger partial charge in [0.1, 0.15) is 0 Å².